The van der Waals surface area contributed by atoms with Crippen molar-refractivity contribution in [1.82, 2.24) is 5.32 Å². The zero-order valence-electron chi connectivity index (χ0n) is 17.6. The van der Waals surface area contributed by atoms with E-state index in [-0.39, 0.29) is 9.92 Å². The van der Waals surface area contributed by atoms with E-state index in [1.165, 1.54) is 29.8 Å². The molecular weight excluding hydrogens is 457 g/mol. The van der Waals surface area contributed by atoms with Gasteiger partial charge in [-0.25, -0.2) is 4.39 Å². The molecule has 9 heteroatoms. The molecule has 0 aromatic heterocycles. The molecule has 0 aliphatic carbocycles. The number of benzene rings is 3. The lowest BCUT2D eigenvalue weighted by Gasteiger charge is -2.13. The van der Waals surface area contributed by atoms with Crippen LogP contribution in [0.2, 0.25) is 5.02 Å². The van der Waals surface area contributed by atoms with Gasteiger partial charge in [0, 0.05) is 30.7 Å². The van der Waals surface area contributed by atoms with Crippen molar-refractivity contribution in [3.8, 4) is 17.2 Å². The Hall–Kier alpha value is -2.65. The first-order valence-electron chi connectivity index (χ1n) is 9.77. The molecule has 0 fully saturated rings. The van der Waals surface area contributed by atoms with E-state index in [1.807, 2.05) is 25.1 Å². The van der Waals surface area contributed by atoms with Crippen LogP contribution in [0.3, 0.4) is 0 Å². The lowest BCUT2D eigenvalue weighted by Crippen LogP contribution is -2.07. The number of ether oxygens (including phenoxy) is 2. The molecule has 0 radical (unpaired) electrons. The van der Waals surface area contributed by atoms with Gasteiger partial charge in [0.1, 0.15) is 23.1 Å². The maximum atomic E-state index is 13.6. The summed E-state index contributed by atoms with van der Waals surface area (Å²) in [6.07, 6.45) is 0.920. The summed E-state index contributed by atoms with van der Waals surface area (Å²) in [6.45, 7) is 3.03. The predicted molar refractivity (Wildman–Crippen MR) is 121 cm³/mol. The van der Waals surface area contributed by atoms with Gasteiger partial charge in [0.15, 0.2) is 0 Å². The second-order valence-electron chi connectivity index (χ2n) is 7.16. The molecule has 4 rings (SSSR count). The van der Waals surface area contributed by atoms with Crippen molar-refractivity contribution in [2.24, 2.45) is 0 Å². The van der Waals surface area contributed by atoms with Crippen LogP contribution in [0.1, 0.15) is 16.7 Å². The standard InChI is InChI=1S/C16H15ClFNO2.C7H8O3S/c1-19-9-11-6-14(18)13(17)8-16(11)21-12-3-2-10-4-5-20-15(10)7-12;1-6-2-4-7(5-3-6)11(8,9)10/h2-3,6-8,19H,4-5,9H2,1H3;2-5H,1H3,(H,8,9,10). The minimum atomic E-state index is -4.02. The predicted octanol–water partition coefficient (Wildman–Crippen LogP) is 5.17. The Kier molecular flexibility index (Phi) is 7.73. The zero-order valence-corrected chi connectivity index (χ0v) is 19.1. The second-order valence-corrected chi connectivity index (χ2v) is 8.99. The van der Waals surface area contributed by atoms with Gasteiger partial charge in [0.05, 0.1) is 16.5 Å². The molecule has 3 aromatic carbocycles. The van der Waals surface area contributed by atoms with Crippen LogP contribution in [0.5, 0.6) is 17.2 Å². The van der Waals surface area contributed by atoms with Crippen LogP contribution in [0.4, 0.5) is 4.39 Å². The molecule has 1 heterocycles. The Balaban J connectivity index is 0.000000222. The highest BCUT2D eigenvalue weighted by molar-refractivity contribution is 7.85. The zero-order chi connectivity index (χ0) is 23.3. The number of fused-ring (bicyclic) bond motifs is 1. The summed E-state index contributed by atoms with van der Waals surface area (Å²) >= 11 is 5.85. The van der Waals surface area contributed by atoms with Crippen LogP contribution >= 0.6 is 11.6 Å². The van der Waals surface area contributed by atoms with E-state index in [1.54, 1.807) is 19.2 Å². The topological polar surface area (TPSA) is 84.9 Å². The molecule has 0 atom stereocenters. The minimum absolute atomic E-state index is 0.0438. The molecule has 0 saturated carbocycles. The molecule has 2 N–H and O–H groups in total. The van der Waals surface area contributed by atoms with Crippen LogP contribution in [0, 0.1) is 12.7 Å². The fourth-order valence-corrected chi connectivity index (χ4v) is 3.67. The van der Waals surface area contributed by atoms with Gasteiger partial charge in [0.25, 0.3) is 10.1 Å². The first-order valence-corrected chi connectivity index (χ1v) is 11.6. The maximum absolute atomic E-state index is 13.6. The van der Waals surface area contributed by atoms with Crippen molar-refractivity contribution in [3.63, 3.8) is 0 Å². The van der Waals surface area contributed by atoms with E-state index in [2.05, 4.69) is 5.32 Å². The molecule has 3 aromatic rings. The van der Waals surface area contributed by atoms with Gasteiger partial charge in [0.2, 0.25) is 0 Å². The van der Waals surface area contributed by atoms with E-state index in [0.29, 0.717) is 30.2 Å². The van der Waals surface area contributed by atoms with Gasteiger partial charge in [-0.3, -0.25) is 4.55 Å². The highest BCUT2D eigenvalue weighted by atomic mass is 35.5. The second kappa shape index (κ2) is 10.3. The van der Waals surface area contributed by atoms with Gasteiger partial charge in [-0.2, -0.15) is 8.42 Å². The van der Waals surface area contributed by atoms with E-state index in [9.17, 15) is 12.8 Å². The highest BCUT2D eigenvalue weighted by Gasteiger charge is 2.15. The van der Waals surface area contributed by atoms with Gasteiger partial charge < -0.3 is 14.8 Å². The number of hydrogen-bond donors (Lipinski definition) is 2. The van der Waals surface area contributed by atoms with E-state index < -0.39 is 15.9 Å². The van der Waals surface area contributed by atoms with Crippen LogP contribution in [0.15, 0.2) is 59.5 Å². The quantitative estimate of drug-likeness (QED) is 0.491. The summed E-state index contributed by atoms with van der Waals surface area (Å²) in [4.78, 5) is -0.0666. The summed E-state index contributed by atoms with van der Waals surface area (Å²) in [7, 11) is -2.23. The summed E-state index contributed by atoms with van der Waals surface area (Å²) in [5, 5.41) is 3.03. The first kappa shape index (κ1) is 24.0. The monoisotopic (exact) mass is 479 g/mol. The smallest absolute Gasteiger partial charge is 0.294 e. The molecule has 0 amide bonds. The Bertz CT molecular complexity index is 1200. The average Bonchev–Trinajstić information content (AvgIpc) is 3.20. The Labute approximate surface area is 191 Å². The molecule has 0 unspecified atom stereocenters. The van der Waals surface area contributed by atoms with Gasteiger partial charge in [-0.1, -0.05) is 35.4 Å². The summed E-state index contributed by atoms with van der Waals surface area (Å²) in [5.41, 5.74) is 2.84. The van der Waals surface area contributed by atoms with Crippen molar-refractivity contribution < 1.29 is 26.8 Å². The largest absolute Gasteiger partial charge is 0.493 e. The maximum Gasteiger partial charge on any atom is 0.294 e. The van der Waals surface area contributed by atoms with Crippen molar-refractivity contribution in [3.05, 3.63) is 82.1 Å². The van der Waals surface area contributed by atoms with E-state index >= 15 is 0 Å². The van der Waals surface area contributed by atoms with Crippen molar-refractivity contribution in [2.75, 3.05) is 13.7 Å². The summed E-state index contributed by atoms with van der Waals surface area (Å²) < 4.78 is 54.5. The SMILES string of the molecule is CNCc1cc(F)c(Cl)cc1Oc1ccc2c(c1)OCC2.Cc1ccc(S(=O)(=O)O)cc1. The number of halogens is 2. The lowest BCUT2D eigenvalue weighted by atomic mass is 10.1. The fourth-order valence-electron chi connectivity index (χ4n) is 3.04. The van der Waals surface area contributed by atoms with Crippen molar-refractivity contribution >= 4 is 21.7 Å². The molecule has 0 bridgehead atoms. The fraction of sp³-hybridized carbons (Fsp3) is 0.217. The summed E-state index contributed by atoms with van der Waals surface area (Å²) in [5.74, 6) is 1.58. The molecule has 1 aliphatic rings. The molecule has 0 saturated heterocycles. The van der Waals surface area contributed by atoms with Crippen LogP contribution in [-0.2, 0) is 23.1 Å². The first-order chi connectivity index (χ1) is 15.2. The normalized spacial score (nSPS) is 12.4. The van der Waals surface area contributed by atoms with Gasteiger partial charge in [-0.15, -0.1) is 0 Å². The van der Waals surface area contributed by atoms with E-state index in [0.717, 1.165) is 17.7 Å². The van der Waals surface area contributed by atoms with Crippen LogP contribution in [0.25, 0.3) is 0 Å². The van der Waals surface area contributed by atoms with Crippen LogP contribution < -0.4 is 14.8 Å². The third-order valence-corrected chi connectivity index (χ3v) is 5.84. The average molecular weight is 480 g/mol. The number of aryl methyl sites for hydroxylation is 1. The lowest BCUT2D eigenvalue weighted by molar-refractivity contribution is 0.355. The van der Waals surface area contributed by atoms with Gasteiger partial charge >= 0.3 is 0 Å². The van der Waals surface area contributed by atoms with Gasteiger partial charge in [-0.05, 0) is 43.8 Å². The Morgan fingerprint density at radius 2 is 1.88 bits per heavy atom. The molecule has 170 valence electrons. The van der Waals surface area contributed by atoms with Crippen LogP contribution in [-0.4, -0.2) is 26.6 Å². The minimum Gasteiger partial charge on any atom is -0.493 e. The third-order valence-electron chi connectivity index (χ3n) is 4.68. The third kappa shape index (κ3) is 6.20. The van der Waals surface area contributed by atoms with Crippen molar-refractivity contribution in [1.29, 1.82) is 0 Å². The number of nitrogens with one attached hydrogen (secondary N) is 1. The molecule has 6 nitrogen and oxygen atoms in total. The van der Waals surface area contributed by atoms with E-state index in [4.69, 9.17) is 25.6 Å². The number of hydrogen-bond acceptors (Lipinski definition) is 5. The molecule has 0 spiro atoms. The Morgan fingerprint density at radius 1 is 1.16 bits per heavy atom. The highest BCUT2D eigenvalue weighted by Crippen LogP contribution is 2.34. The number of rotatable bonds is 5. The van der Waals surface area contributed by atoms with Crippen molar-refractivity contribution in [2.45, 2.75) is 24.8 Å². The summed E-state index contributed by atoms with van der Waals surface area (Å²) in [6, 6.07) is 14.6. The molecule has 32 heavy (non-hydrogen) atoms. The molecule has 1 aliphatic heterocycles. The Morgan fingerprint density at radius 3 is 2.53 bits per heavy atom. The molecular formula is C23H23ClFNO5S.